The zero-order valence-electron chi connectivity index (χ0n) is 15.0. The van der Waals surface area contributed by atoms with E-state index >= 15 is 0 Å². The molecule has 3 heterocycles. The first kappa shape index (κ1) is 19.8. The summed E-state index contributed by atoms with van der Waals surface area (Å²) in [6.45, 7) is 3.30. The Morgan fingerprint density at radius 1 is 1.18 bits per heavy atom. The third-order valence-corrected chi connectivity index (χ3v) is 7.16. The van der Waals surface area contributed by atoms with Crippen LogP contribution in [-0.4, -0.2) is 49.3 Å². The fourth-order valence-corrected chi connectivity index (χ4v) is 4.46. The Morgan fingerprint density at radius 3 is 2.54 bits per heavy atom. The highest BCUT2D eigenvalue weighted by atomic mass is 79.9. The maximum absolute atomic E-state index is 12.5. The number of amidine groups is 1. The second-order valence-corrected chi connectivity index (χ2v) is 8.84. The third-order valence-electron chi connectivity index (χ3n) is 4.39. The SMILES string of the molecule is CN1C(=O)/C(=C/c2cc(Br)c(Br)o2)SC1=Nc1ccc(N2CCOCC2)cc1. The number of ether oxygens (including phenoxy) is 1. The summed E-state index contributed by atoms with van der Waals surface area (Å²) in [6, 6.07) is 9.87. The van der Waals surface area contributed by atoms with Crippen LogP contribution in [0.4, 0.5) is 11.4 Å². The molecule has 28 heavy (non-hydrogen) atoms. The van der Waals surface area contributed by atoms with Gasteiger partial charge < -0.3 is 14.1 Å². The van der Waals surface area contributed by atoms with Crippen molar-refractivity contribution < 1.29 is 13.9 Å². The second-order valence-electron chi connectivity index (χ2n) is 6.26. The van der Waals surface area contributed by atoms with Crippen molar-refractivity contribution in [2.45, 2.75) is 0 Å². The lowest BCUT2D eigenvalue weighted by molar-refractivity contribution is -0.121. The van der Waals surface area contributed by atoms with E-state index in [1.165, 1.54) is 11.8 Å². The summed E-state index contributed by atoms with van der Waals surface area (Å²) in [5, 5.41) is 0.639. The molecular formula is C19H17Br2N3O3S. The monoisotopic (exact) mass is 525 g/mol. The highest BCUT2D eigenvalue weighted by Gasteiger charge is 2.30. The number of furan rings is 1. The first-order chi connectivity index (χ1) is 13.5. The van der Waals surface area contributed by atoms with Gasteiger partial charge in [0.25, 0.3) is 5.91 Å². The van der Waals surface area contributed by atoms with Crippen molar-refractivity contribution in [2.24, 2.45) is 4.99 Å². The minimum atomic E-state index is -0.0997. The van der Waals surface area contributed by atoms with Gasteiger partial charge in [0.2, 0.25) is 0 Å². The van der Waals surface area contributed by atoms with Crippen LogP contribution in [0.5, 0.6) is 0 Å². The van der Waals surface area contributed by atoms with Crippen molar-refractivity contribution in [3.63, 3.8) is 0 Å². The third kappa shape index (κ3) is 4.22. The minimum absolute atomic E-state index is 0.0997. The Balaban J connectivity index is 1.52. The molecule has 2 fully saturated rings. The van der Waals surface area contributed by atoms with Crippen LogP contribution in [0.3, 0.4) is 0 Å². The van der Waals surface area contributed by atoms with E-state index in [1.807, 2.05) is 18.2 Å². The molecule has 9 heteroatoms. The number of hydrogen-bond donors (Lipinski definition) is 0. The molecule has 2 aromatic rings. The van der Waals surface area contributed by atoms with E-state index in [9.17, 15) is 4.79 Å². The van der Waals surface area contributed by atoms with Gasteiger partial charge in [-0.3, -0.25) is 9.69 Å². The van der Waals surface area contributed by atoms with Gasteiger partial charge in [-0.2, -0.15) is 0 Å². The quantitative estimate of drug-likeness (QED) is 0.534. The van der Waals surface area contributed by atoms with Crippen LogP contribution in [0, 0.1) is 0 Å². The fourth-order valence-electron chi connectivity index (χ4n) is 2.89. The van der Waals surface area contributed by atoms with Gasteiger partial charge >= 0.3 is 0 Å². The number of benzene rings is 1. The van der Waals surface area contributed by atoms with E-state index < -0.39 is 0 Å². The standard InChI is InChI=1S/C19H17Br2N3O3S/c1-23-18(25)16(11-14-10-15(20)17(21)27-14)28-19(23)22-12-2-4-13(5-3-12)24-6-8-26-9-7-24/h2-5,10-11H,6-9H2,1H3/b16-11-,22-19?. The maximum Gasteiger partial charge on any atom is 0.266 e. The summed E-state index contributed by atoms with van der Waals surface area (Å²) in [5.74, 6) is 0.497. The highest BCUT2D eigenvalue weighted by Crippen LogP contribution is 2.35. The maximum atomic E-state index is 12.5. The molecule has 0 N–H and O–H groups in total. The molecule has 2 aliphatic heterocycles. The van der Waals surface area contributed by atoms with Crippen LogP contribution >= 0.6 is 43.6 Å². The lowest BCUT2D eigenvalue weighted by Gasteiger charge is -2.28. The smallest absolute Gasteiger partial charge is 0.266 e. The molecule has 2 saturated heterocycles. The van der Waals surface area contributed by atoms with Gasteiger partial charge in [0.1, 0.15) is 5.76 Å². The molecule has 0 unspecified atom stereocenters. The molecule has 4 rings (SSSR count). The molecule has 0 radical (unpaired) electrons. The molecular weight excluding hydrogens is 510 g/mol. The number of carbonyl (C=O) groups excluding carboxylic acids is 1. The highest BCUT2D eigenvalue weighted by molar-refractivity contribution is 9.13. The molecule has 0 bridgehead atoms. The molecule has 6 nitrogen and oxygen atoms in total. The first-order valence-electron chi connectivity index (χ1n) is 8.65. The van der Waals surface area contributed by atoms with Crippen LogP contribution in [0.2, 0.25) is 0 Å². The van der Waals surface area contributed by atoms with Crippen LogP contribution < -0.4 is 4.90 Å². The topological polar surface area (TPSA) is 58.3 Å². The number of morpholine rings is 1. The average molecular weight is 527 g/mol. The van der Waals surface area contributed by atoms with Gasteiger partial charge in [-0.05, 0) is 74.0 Å². The Bertz CT molecular complexity index is 930. The summed E-state index contributed by atoms with van der Waals surface area (Å²) in [7, 11) is 1.73. The predicted molar refractivity (Wildman–Crippen MR) is 119 cm³/mol. The molecule has 1 aromatic heterocycles. The minimum Gasteiger partial charge on any atom is -0.449 e. The number of hydrogen-bond acceptors (Lipinski definition) is 6. The Hall–Kier alpha value is -1.55. The normalized spacial score (nSPS) is 20.6. The van der Waals surface area contributed by atoms with E-state index in [0.717, 1.165) is 42.2 Å². The number of rotatable bonds is 3. The largest absolute Gasteiger partial charge is 0.449 e. The molecule has 0 aliphatic carbocycles. The van der Waals surface area contributed by atoms with Crippen molar-refractivity contribution in [3.8, 4) is 0 Å². The van der Waals surface area contributed by atoms with Crippen LogP contribution in [0.1, 0.15) is 5.76 Å². The van der Waals surface area contributed by atoms with E-state index in [-0.39, 0.29) is 5.91 Å². The zero-order chi connectivity index (χ0) is 19.7. The Labute approximate surface area is 183 Å². The van der Waals surface area contributed by atoms with Crippen molar-refractivity contribution >= 4 is 72.1 Å². The van der Waals surface area contributed by atoms with Crippen molar-refractivity contribution in [2.75, 3.05) is 38.3 Å². The summed E-state index contributed by atoms with van der Waals surface area (Å²) >= 11 is 8.01. The number of carbonyl (C=O) groups is 1. The van der Waals surface area contributed by atoms with Crippen molar-refractivity contribution in [3.05, 3.63) is 50.1 Å². The number of likely N-dealkylation sites (N-methyl/N-ethyl adjacent to an activating group) is 1. The van der Waals surface area contributed by atoms with E-state index in [1.54, 1.807) is 18.0 Å². The van der Waals surface area contributed by atoms with Gasteiger partial charge in [0, 0.05) is 31.9 Å². The number of amides is 1. The molecule has 146 valence electrons. The molecule has 1 aromatic carbocycles. The van der Waals surface area contributed by atoms with E-state index in [4.69, 9.17) is 9.15 Å². The van der Waals surface area contributed by atoms with Crippen molar-refractivity contribution in [1.29, 1.82) is 0 Å². The summed E-state index contributed by atoms with van der Waals surface area (Å²) in [5.41, 5.74) is 1.97. The molecule has 0 spiro atoms. The Morgan fingerprint density at radius 2 is 1.89 bits per heavy atom. The summed E-state index contributed by atoms with van der Waals surface area (Å²) in [4.78, 5) is 21.6. The summed E-state index contributed by atoms with van der Waals surface area (Å²) < 4.78 is 12.3. The number of halogens is 2. The molecule has 2 aliphatic rings. The number of nitrogens with zero attached hydrogens (tertiary/aromatic N) is 3. The number of thioether (sulfide) groups is 1. The van der Waals surface area contributed by atoms with E-state index in [2.05, 4.69) is 53.9 Å². The lowest BCUT2D eigenvalue weighted by atomic mass is 10.2. The fraction of sp³-hybridized carbons (Fsp3) is 0.263. The van der Waals surface area contributed by atoms with Gasteiger partial charge in [0.15, 0.2) is 9.84 Å². The molecule has 0 atom stereocenters. The second kappa shape index (κ2) is 8.44. The number of anilines is 1. The predicted octanol–water partition coefficient (Wildman–Crippen LogP) is 4.88. The molecule has 0 saturated carbocycles. The van der Waals surface area contributed by atoms with Crippen LogP contribution in [-0.2, 0) is 9.53 Å². The van der Waals surface area contributed by atoms with Crippen LogP contribution in [0.15, 0.2) is 53.8 Å². The first-order valence-corrected chi connectivity index (χ1v) is 11.1. The van der Waals surface area contributed by atoms with Gasteiger partial charge in [-0.25, -0.2) is 4.99 Å². The zero-order valence-corrected chi connectivity index (χ0v) is 19.0. The van der Waals surface area contributed by atoms with Gasteiger partial charge in [-0.1, -0.05) is 0 Å². The number of aliphatic imine (C=N–C) groups is 1. The summed E-state index contributed by atoms with van der Waals surface area (Å²) in [6.07, 6.45) is 1.73. The van der Waals surface area contributed by atoms with Crippen LogP contribution in [0.25, 0.3) is 6.08 Å². The average Bonchev–Trinajstić information content (AvgIpc) is 3.16. The molecule has 1 amide bonds. The lowest BCUT2D eigenvalue weighted by Crippen LogP contribution is -2.36. The Kier molecular flexibility index (Phi) is 5.96. The van der Waals surface area contributed by atoms with Gasteiger partial charge in [-0.15, -0.1) is 0 Å². The van der Waals surface area contributed by atoms with Crippen molar-refractivity contribution in [1.82, 2.24) is 4.90 Å². The van der Waals surface area contributed by atoms with Gasteiger partial charge in [0.05, 0.1) is 28.3 Å². The van der Waals surface area contributed by atoms with E-state index in [0.29, 0.717) is 20.5 Å².